The Morgan fingerprint density at radius 3 is 2.48 bits per heavy atom. The second-order valence-electron chi connectivity index (χ2n) is 7.53. The minimum atomic E-state index is 0.230. The third-order valence-corrected chi connectivity index (χ3v) is 5.43. The summed E-state index contributed by atoms with van der Waals surface area (Å²) in [6.07, 6.45) is 6.47. The van der Waals surface area contributed by atoms with Gasteiger partial charge in [-0.2, -0.15) is 0 Å². The monoisotopic (exact) mass is 338 g/mol. The highest BCUT2D eigenvalue weighted by atomic mass is 16.1. The second-order valence-corrected chi connectivity index (χ2v) is 7.53. The smallest absolute Gasteiger partial charge is 0.178 e. The van der Waals surface area contributed by atoms with Gasteiger partial charge in [-0.15, -0.1) is 0 Å². The summed E-state index contributed by atoms with van der Waals surface area (Å²) in [5.41, 5.74) is 4.54. The van der Waals surface area contributed by atoms with Gasteiger partial charge >= 0.3 is 0 Å². The third kappa shape index (κ3) is 4.21. The van der Waals surface area contributed by atoms with Crippen LogP contribution in [0, 0.1) is 13.8 Å². The summed E-state index contributed by atoms with van der Waals surface area (Å²) in [4.78, 5) is 15.0. The number of likely N-dealkylation sites (N-methyl/N-ethyl adjacent to an activating group) is 1. The predicted molar refractivity (Wildman–Crippen MR) is 103 cm³/mol. The molecule has 1 aromatic heterocycles. The van der Waals surface area contributed by atoms with E-state index in [2.05, 4.69) is 41.5 Å². The predicted octanol–water partition coefficient (Wildman–Crippen LogP) is 4.92. The van der Waals surface area contributed by atoms with Crippen LogP contribution in [0.1, 0.15) is 65.5 Å². The van der Waals surface area contributed by atoms with Crippen LogP contribution < -0.4 is 0 Å². The number of carbonyl (C=O) groups is 1. The average molecular weight is 338 g/mol. The standard InChI is InChI=1S/C22H30N2O/c1-17-14-21(18(2)24(17)20-12-8-5-9-13-20)22(25)16-23(3)15-19-10-6-4-7-11-19/h4,6-7,10-11,14,20H,5,8-9,12-13,15-16H2,1-3H3. The molecule has 0 bridgehead atoms. The summed E-state index contributed by atoms with van der Waals surface area (Å²) >= 11 is 0. The normalized spacial score (nSPS) is 15.7. The van der Waals surface area contributed by atoms with E-state index in [1.54, 1.807) is 0 Å². The molecule has 1 aromatic carbocycles. The number of hydrogen-bond donors (Lipinski definition) is 0. The molecular formula is C22H30N2O. The third-order valence-electron chi connectivity index (χ3n) is 5.43. The zero-order chi connectivity index (χ0) is 17.8. The first-order valence-electron chi connectivity index (χ1n) is 9.50. The van der Waals surface area contributed by atoms with E-state index in [0.717, 1.165) is 17.8 Å². The van der Waals surface area contributed by atoms with Crippen molar-refractivity contribution in [2.24, 2.45) is 0 Å². The fourth-order valence-corrected chi connectivity index (χ4v) is 4.24. The minimum absolute atomic E-state index is 0.230. The van der Waals surface area contributed by atoms with Crippen LogP contribution in [0.4, 0.5) is 0 Å². The molecule has 3 rings (SSSR count). The first-order chi connectivity index (χ1) is 12.1. The molecular weight excluding hydrogens is 308 g/mol. The molecule has 2 aromatic rings. The quantitative estimate of drug-likeness (QED) is 0.698. The van der Waals surface area contributed by atoms with Gasteiger partial charge in [0.05, 0.1) is 6.54 Å². The lowest BCUT2D eigenvalue weighted by Crippen LogP contribution is -2.26. The molecule has 0 radical (unpaired) electrons. The van der Waals surface area contributed by atoms with Gasteiger partial charge in [-0.05, 0) is 45.4 Å². The number of nitrogens with zero attached hydrogens (tertiary/aromatic N) is 2. The molecule has 0 saturated heterocycles. The maximum atomic E-state index is 12.9. The highest BCUT2D eigenvalue weighted by Crippen LogP contribution is 2.32. The van der Waals surface area contributed by atoms with Crippen LogP contribution in [0.15, 0.2) is 36.4 Å². The Kier molecular flexibility index (Phi) is 5.74. The number of hydrogen-bond acceptors (Lipinski definition) is 2. The molecule has 1 aliphatic carbocycles. The summed E-state index contributed by atoms with van der Waals surface area (Å²) in [5, 5.41) is 0. The van der Waals surface area contributed by atoms with E-state index in [1.165, 1.54) is 43.4 Å². The lowest BCUT2D eigenvalue weighted by Gasteiger charge is -2.26. The number of benzene rings is 1. The van der Waals surface area contributed by atoms with Crippen molar-refractivity contribution in [3.63, 3.8) is 0 Å². The first kappa shape index (κ1) is 17.9. The van der Waals surface area contributed by atoms with Crippen LogP contribution in [0.5, 0.6) is 0 Å². The molecule has 0 N–H and O–H groups in total. The Bertz CT molecular complexity index is 711. The van der Waals surface area contributed by atoms with Crippen LogP contribution in [0.3, 0.4) is 0 Å². The van der Waals surface area contributed by atoms with E-state index in [1.807, 2.05) is 25.2 Å². The van der Waals surface area contributed by atoms with Gasteiger partial charge in [0.1, 0.15) is 0 Å². The SMILES string of the molecule is Cc1cc(C(=O)CN(C)Cc2ccccc2)c(C)n1C1CCCCC1. The number of Topliss-reactive ketones (excluding diaryl/α,β-unsaturated/α-hetero) is 1. The van der Waals surface area contributed by atoms with Crippen molar-refractivity contribution in [1.82, 2.24) is 9.47 Å². The Balaban J connectivity index is 1.69. The lowest BCUT2D eigenvalue weighted by molar-refractivity contribution is 0.0942. The van der Waals surface area contributed by atoms with Crippen molar-refractivity contribution in [2.75, 3.05) is 13.6 Å². The molecule has 3 nitrogen and oxygen atoms in total. The second kappa shape index (κ2) is 8.01. The van der Waals surface area contributed by atoms with Gasteiger partial charge in [0.2, 0.25) is 0 Å². The molecule has 1 heterocycles. The fourth-order valence-electron chi connectivity index (χ4n) is 4.24. The van der Waals surface area contributed by atoms with Crippen molar-refractivity contribution >= 4 is 5.78 Å². The Morgan fingerprint density at radius 2 is 1.80 bits per heavy atom. The van der Waals surface area contributed by atoms with E-state index in [0.29, 0.717) is 12.6 Å². The molecule has 0 atom stereocenters. The van der Waals surface area contributed by atoms with E-state index < -0.39 is 0 Å². The highest BCUT2D eigenvalue weighted by molar-refractivity contribution is 5.99. The van der Waals surface area contributed by atoms with Gasteiger partial charge in [0, 0.05) is 29.5 Å². The van der Waals surface area contributed by atoms with Crippen molar-refractivity contribution < 1.29 is 4.79 Å². The van der Waals surface area contributed by atoms with Crippen molar-refractivity contribution in [2.45, 2.75) is 58.5 Å². The molecule has 134 valence electrons. The number of rotatable bonds is 6. The topological polar surface area (TPSA) is 25.2 Å². The average Bonchev–Trinajstić information content (AvgIpc) is 2.91. The van der Waals surface area contributed by atoms with Crippen molar-refractivity contribution in [3.8, 4) is 0 Å². The lowest BCUT2D eigenvalue weighted by atomic mass is 9.95. The Labute approximate surface area is 151 Å². The van der Waals surface area contributed by atoms with E-state index in [9.17, 15) is 4.79 Å². The fraction of sp³-hybridized carbons (Fsp3) is 0.500. The molecule has 1 saturated carbocycles. The van der Waals surface area contributed by atoms with Crippen LogP contribution in [0.2, 0.25) is 0 Å². The van der Waals surface area contributed by atoms with Crippen molar-refractivity contribution in [3.05, 3.63) is 58.9 Å². The van der Waals surface area contributed by atoms with Crippen LogP contribution in [-0.4, -0.2) is 28.8 Å². The summed E-state index contributed by atoms with van der Waals surface area (Å²) in [6.45, 7) is 5.52. The van der Waals surface area contributed by atoms with E-state index in [-0.39, 0.29) is 5.78 Å². The summed E-state index contributed by atoms with van der Waals surface area (Å²) in [7, 11) is 2.02. The molecule has 0 amide bonds. The molecule has 1 fully saturated rings. The molecule has 25 heavy (non-hydrogen) atoms. The van der Waals surface area contributed by atoms with Crippen molar-refractivity contribution in [1.29, 1.82) is 0 Å². The van der Waals surface area contributed by atoms with E-state index in [4.69, 9.17) is 0 Å². The molecule has 3 heteroatoms. The molecule has 0 unspecified atom stereocenters. The maximum Gasteiger partial charge on any atom is 0.178 e. The van der Waals surface area contributed by atoms with Crippen LogP contribution in [0.25, 0.3) is 0 Å². The highest BCUT2D eigenvalue weighted by Gasteiger charge is 2.23. The van der Waals surface area contributed by atoms with Gasteiger partial charge in [-0.25, -0.2) is 0 Å². The largest absolute Gasteiger partial charge is 0.345 e. The van der Waals surface area contributed by atoms with Gasteiger partial charge in [-0.3, -0.25) is 9.69 Å². The number of ketones is 1. The maximum absolute atomic E-state index is 12.9. The zero-order valence-electron chi connectivity index (χ0n) is 15.8. The Morgan fingerprint density at radius 1 is 1.12 bits per heavy atom. The van der Waals surface area contributed by atoms with Gasteiger partial charge in [0.15, 0.2) is 5.78 Å². The number of aryl methyl sites for hydroxylation is 1. The zero-order valence-corrected chi connectivity index (χ0v) is 15.8. The minimum Gasteiger partial charge on any atom is -0.345 e. The summed E-state index contributed by atoms with van der Waals surface area (Å²) < 4.78 is 2.42. The van der Waals surface area contributed by atoms with Gasteiger partial charge < -0.3 is 4.57 Å². The number of carbonyl (C=O) groups excluding carboxylic acids is 1. The van der Waals surface area contributed by atoms with Gasteiger partial charge in [0.25, 0.3) is 0 Å². The summed E-state index contributed by atoms with van der Waals surface area (Å²) in [5.74, 6) is 0.230. The van der Waals surface area contributed by atoms with Gasteiger partial charge in [-0.1, -0.05) is 49.6 Å². The van der Waals surface area contributed by atoms with E-state index >= 15 is 0 Å². The van der Waals surface area contributed by atoms with Crippen LogP contribution >= 0.6 is 0 Å². The van der Waals surface area contributed by atoms with Crippen LogP contribution in [-0.2, 0) is 6.54 Å². The number of aromatic nitrogens is 1. The molecule has 1 aliphatic rings. The first-order valence-corrected chi connectivity index (χ1v) is 9.50. The molecule has 0 aliphatic heterocycles. The molecule has 0 spiro atoms. The Hall–Kier alpha value is -1.87. The summed E-state index contributed by atoms with van der Waals surface area (Å²) in [6, 6.07) is 13.0.